The highest BCUT2D eigenvalue weighted by Crippen LogP contribution is 2.29. The topological polar surface area (TPSA) is 50.2 Å². The molecule has 0 saturated heterocycles. The molecule has 34 heavy (non-hydrogen) atoms. The molecule has 0 aliphatic carbocycles. The van der Waals surface area contributed by atoms with Gasteiger partial charge in [-0.2, -0.15) is 0 Å². The van der Waals surface area contributed by atoms with Crippen LogP contribution in [-0.2, 0) is 19.6 Å². The quantitative estimate of drug-likeness (QED) is 0.404. The van der Waals surface area contributed by atoms with Gasteiger partial charge >= 0.3 is 0 Å². The molecule has 0 bridgehead atoms. The number of benzene rings is 2. The van der Waals surface area contributed by atoms with Gasteiger partial charge in [0, 0.05) is 55.4 Å². The lowest BCUT2D eigenvalue weighted by molar-refractivity contribution is 0.276. The first kappa shape index (κ1) is 20.2. The van der Waals surface area contributed by atoms with Crippen LogP contribution >= 0.6 is 0 Å². The summed E-state index contributed by atoms with van der Waals surface area (Å²) in [6.07, 6.45) is 3.55. The minimum atomic E-state index is -0.0600. The second-order valence-electron chi connectivity index (χ2n) is 8.52. The van der Waals surface area contributed by atoms with Gasteiger partial charge in [-0.1, -0.05) is 54.6 Å². The summed E-state index contributed by atoms with van der Waals surface area (Å²) in [5.41, 5.74) is 6.32. The molecule has 5 heteroatoms. The standard InChI is InChI=1S/C29H22N4O/c34-27-15-28(31-24-11-3-1-4-12-24)33(25-13-5-2-6-14-25)29-23(16-30-17-26(27)29)20-32-18-21-9-7-8-10-22(21)19-32/h1,3-5,7-17,31H,18-20H2. The molecule has 3 aromatic carbocycles. The molecule has 2 aromatic heterocycles. The zero-order valence-corrected chi connectivity index (χ0v) is 18.5. The zero-order chi connectivity index (χ0) is 22.9. The molecule has 1 aliphatic heterocycles. The van der Waals surface area contributed by atoms with Crippen molar-refractivity contribution in [2.45, 2.75) is 19.6 Å². The molecule has 6 rings (SSSR count). The van der Waals surface area contributed by atoms with Gasteiger partial charge in [-0.05, 0) is 35.4 Å². The van der Waals surface area contributed by atoms with E-state index in [2.05, 4.69) is 56.2 Å². The summed E-state index contributed by atoms with van der Waals surface area (Å²) in [6, 6.07) is 31.8. The van der Waals surface area contributed by atoms with E-state index in [-0.39, 0.29) is 5.43 Å². The van der Waals surface area contributed by atoms with Gasteiger partial charge in [-0.3, -0.25) is 19.2 Å². The van der Waals surface area contributed by atoms with Crippen molar-refractivity contribution in [3.8, 4) is 5.69 Å². The Morgan fingerprint density at radius 2 is 1.68 bits per heavy atom. The lowest BCUT2D eigenvalue weighted by Gasteiger charge is -2.22. The number of fused-ring (bicyclic) bond motifs is 2. The van der Waals surface area contributed by atoms with Crippen LogP contribution in [0.1, 0.15) is 16.7 Å². The smallest absolute Gasteiger partial charge is 0.193 e. The van der Waals surface area contributed by atoms with Crippen LogP contribution in [0.15, 0.2) is 96.1 Å². The van der Waals surface area contributed by atoms with Crippen LogP contribution in [0.2, 0.25) is 0 Å². The molecule has 5 aromatic rings. The number of hydrogen-bond donors (Lipinski definition) is 1. The predicted octanol–water partition coefficient (Wildman–Crippen LogP) is 5.25. The van der Waals surface area contributed by atoms with Crippen LogP contribution in [0.4, 0.5) is 11.5 Å². The van der Waals surface area contributed by atoms with Gasteiger partial charge in [0.25, 0.3) is 0 Å². The van der Waals surface area contributed by atoms with E-state index < -0.39 is 0 Å². The van der Waals surface area contributed by atoms with E-state index in [9.17, 15) is 4.79 Å². The van der Waals surface area contributed by atoms with Gasteiger partial charge in [0.2, 0.25) is 0 Å². The fourth-order valence-corrected chi connectivity index (χ4v) is 4.71. The Balaban J connectivity index is 1.52. The summed E-state index contributed by atoms with van der Waals surface area (Å²) < 4.78 is 2.09. The molecule has 0 saturated carbocycles. The van der Waals surface area contributed by atoms with E-state index in [0.29, 0.717) is 17.7 Å². The number of aromatic nitrogens is 2. The van der Waals surface area contributed by atoms with Crippen molar-refractivity contribution in [2.75, 3.05) is 5.32 Å². The molecule has 0 radical (unpaired) electrons. The number of nitrogens with zero attached hydrogens (tertiary/aromatic N) is 3. The first-order valence-corrected chi connectivity index (χ1v) is 11.3. The molecule has 0 spiro atoms. The number of pyridine rings is 2. The fraction of sp³-hybridized carbons (Fsp3) is 0.103. The van der Waals surface area contributed by atoms with Gasteiger partial charge in [0.1, 0.15) is 5.82 Å². The van der Waals surface area contributed by atoms with Crippen molar-refractivity contribution in [1.82, 2.24) is 14.5 Å². The summed E-state index contributed by atoms with van der Waals surface area (Å²) in [4.78, 5) is 20.0. The van der Waals surface area contributed by atoms with E-state index in [1.165, 1.54) is 11.1 Å². The second-order valence-corrected chi connectivity index (χ2v) is 8.52. The minimum Gasteiger partial charge on any atom is -0.341 e. The number of hydrogen-bond acceptors (Lipinski definition) is 4. The Bertz CT molecular complexity index is 1500. The van der Waals surface area contributed by atoms with E-state index in [0.717, 1.165) is 35.5 Å². The monoisotopic (exact) mass is 442 g/mol. The SMILES string of the molecule is O=c1cc(Nc2ccccc2)n(-c2cc#ccc2)c2c(CN3Cc4ccccc4C3)cncc12. The number of rotatable bonds is 5. The van der Waals surface area contributed by atoms with Crippen LogP contribution in [0, 0.1) is 12.1 Å². The number of para-hydroxylation sites is 1. The highest BCUT2D eigenvalue weighted by atomic mass is 16.1. The minimum absolute atomic E-state index is 0.0600. The molecule has 0 fully saturated rings. The summed E-state index contributed by atoms with van der Waals surface area (Å²) in [5.74, 6) is 0.695. The summed E-state index contributed by atoms with van der Waals surface area (Å²) in [7, 11) is 0. The molecule has 5 nitrogen and oxygen atoms in total. The summed E-state index contributed by atoms with van der Waals surface area (Å²) in [6.45, 7) is 2.45. The number of nitrogens with one attached hydrogen (secondary N) is 1. The predicted molar refractivity (Wildman–Crippen MR) is 134 cm³/mol. The van der Waals surface area contributed by atoms with Gasteiger partial charge < -0.3 is 5.32 Å². The third-order valence-electron chi connectivity index (χ3n) is 6.24. The van der Waals surface area contributed by atoms with Crippen LogP contribution in [-0.4, -0.2) is 14.5 Å². The van der Waals surface area contributed by atoms with E-state index in [1.54, 1.807) is 12.3 Å². The van der Waals surface area contributed by atoms with Crippen molar-refractivity contribution in [3.63, 3.8) is 0 Å². The molecule has 0 amide bonds. The van der Waals surface area contributed by atoms with Crippen LogP contribution in [0.3, 0.4) is 0 Å². The number of anilines is 2. The summed E-state index contributed by atoms with van der Waals surface area (Å²) in [5, 5.41) is 4.04. The van der Waals surface area contributed by atoms with Crippen molar-refractivity contribution in [2.24, 2.45) is 0 Å². The normalized spacial score (nSPS) is 12.9. The highest BCUT2D eigenvalue weighted by Gasteiger charge is 2.21. The Morgan fingerprint density at radius 1 is 0.912 bits per heavy atom. The highest BCUT2D eigenvalue weighted by molar-refractivity contribution is 5.86. The summed E-state index contributed by atoms with van der Waals surface area (Å²) >= 11 is 0. The Morgan fingerprint density at radius 3 is 2.41 bits per heavy atom. The van der Waals surface area contributed by atoms with Crippen LogP contribution in [0.5, 0.6) is 0 Å². The van der Waals surface area contributed by atoms with Gasteiger partial charge in [-0.25, -0.2) is 0 Å². The van der Waals surface area contributed by atoms with Crippen LogP contribution in [0.25, 0.3) is 16.6 Å². The van der Waals surface area contributed by atoms with Gasteiger partial charge in [0.15, 0.2) is 5.43 Å². The molecule has 0 unspecified atom stereocenters. The third-order valence-corrected chi connectivity index (χ3v) is 6.24. The molecule has 1 aliphatic rings. The molecule has 3 heterocycles. The lowest BCUT2D eigenvalue weighted by Crippen LogP contribution is -2.19. The second kappa shape index (κ2) is 8.51. The van der Waals surface area contributed by atoms with E-state index in [1.807, 2.05) is 54.7 Å². The maximum absolute atomic E-state index is 13.2. The van der Waals surface area contributed by atoms with Crippen molar-refractivity contribution >= 4 is 22.4 Å². The van der Waals surface area contributed by atoms with Crippen molar-refractivity contribution in [1.29, 1.82) is 0 Å². The van der Waals surface area contributed by atoms with E-state index in [4.69, 9.17) is 0 Å². The van der Waals surface area contributed by atoms with E-state index >= 15 is 0 Å². The lowest BCUT2D eigenvalue weighted by atomic mass is 10.1. The molecular formula is C29H22N4O. The maximum atomic E-state index is 13.2. The fourth-order valence-electron chi connectivity index (χ4n) is 4.71. The average Bonchev–Trinajstić information content (AvgIpc) is 3.28. The Hall–Kier alpha value is -4.40. The molecule has 164 valence electrons. The van der Waals surface area contributed by atoms with Crippen LogP contribution < -0.4 is 10.7 Å². The zero-order valence-electron chi connectivity index (χ0n) is 18.5. The van der Waals surface area contributed by atoms with Crippen molar-refractivity contribution in [3.05, 3.63) is 130 Å². The van der Waals surface area contributed by atoms with Crippen molar-refractivity contribution < 1.29 is 0 Å². The maximum Gasteiger partial charge on any atom is 0.193 e. The Kier molecular flexibility index (Phi) is 5.06. The molecule has 1 N–H and O–H groups in total. The average molecular weight is 443 g/mol. The molecular weight excluding hydrogens is 420 g/mol. The van der Waals surface area contributed by atoms with Gasteiger partial charge in [0.05, 0.1) is 16.6 Å². The third kappa shape index (κ3) is 3.71. The largest absolute Gasteiger partial charge is 0.341 e. The van der Waals surface area contributed by atoms with Gasteiger partial charge in [-0.15, -0.1) is 0 Å². The first-order valence-electron chi connectivity index (χ1n) is 11.3. The Labute approximate surface area is 197 Å². The molecule has 0 atom stereocenters. The first-order chi connectivity index (χ1) is 16.8.